The molecule has 3 rings (SSSR count). The lowest BCUT2D eigenvalue weighted by Gasteiger charge is -2.16. The number of hydrogen-bond donors (Lipinski definition) is 2. The van der Waals surface area contributed by atoms with Crippen LogP contribution in [0.5, 0.6) is 0 Å². The summed E-state index contributed by atoms with van der Waals surface area (Å²) in [5.74, 6) is 0.00653. The molecular weight excluding hydrogens is 228 g/mol. The number of benzene rings is 1. The van der Waals surface area contributed by atoms with E-state index in [0.29, 0.717) is 0 Å². The quantitative estimate of drug-likeness (QED) is 0.824. The molecule has 2 unspecified atom stereocenters. The highest BCUT2D eigenvalue weighted by molar-refractivity contribution is 5.94. The number of fused-ring (bicyclic) bond motifs is 1. The summed E-state index contributed by atoms with van der Waals surface area (Å²) < 4.78 is 5.45. The Bertz CT molecular complexity index is 473. The first-order valence-electron chi connectivity index (χ1n) is 6.49. The number of hydrogen-bond acceptors (Lipinski definition) is 3. The van der Waals surface area contributed by atoms with E-state index in [4.69, 9.17) is 4.74 Å². The van der Waals surface area contributed by atoms with Crippen LogP contribution in [0, 0.1) is 0 Å². The molecule has 0 bridgehead atoms. The molecule has 4 heteroatoms. The third kappa shape index (κ3) is 2.13. The SMILES string of the molecule is CC1OCCC1NC(=O)c1ccc2c(c1)CNC2. The maximum absolute atomic E-state index is 12.2. The summed E-state index contributed by atoms with van der Waals surface area (Å²) in [5.41, 5.74) is 3.28. The average molecular weight is 246 g/mol. The zero-order chi connectivity index (χ0) is 12.5. The molecule has 1 aromatic rings. The minimum atomic E-state index is 0.00653. The van der Waals surface area contributed by atoms with Crippen LogP contribution in [-0.4, -0.2) is 24.7 Å². The number of nitrogens with one attached hydrogen (secondary N) is 2. The molecule has 0 spiro atoms. The Hall–Kier alpha value is -1.39. The monoisotopic (exact) mass is 246 g/mol. The number of amides is 1. The largest absolute Gasteiger partial charge is 0.376 e. The first-order chi connectivity index (χ1) is 8.74. The summed E-state index contributed by atoms with van der Waals surface area (Å²) in [4.78, 5) is 12.2. The van der Waals surface area contributed by atoms with Crippen LogP contribution in [0.4, 0.5) is 0 Å². The van der Waals surface area contributed by atoms with E-state index in [2.05, 4.69) is 10.6 Å². The van der Waals surface area contributed by atoms with Crippen molar-refractivity contribution >= 4 is 5.91 Å². The van der Waals surface area contributed by atoms with Crippen molar-refractivity contribution in [3.63, 3.8) is 0 Å². The summed E-state index contributed by atoms with van der Waals surface area (Å²) in [7, 11) is 0. The average Bonchev–Trinajstić information content (AvgIpc) is 2.98. The summed E-state index contributed by atoms with van der Waals surface area (Å²) in [5, 5.41) is 6.33. The Morgan fingerprint density at radius 1 is 1.39 bits per heavy atom. The Labute approximate surface area is 107 Å². The topological polar surface area (TPSA) is 50.4 Å². The number of ether oxygens (including phenoxy) is 1. The highest BCUT2D eigenvalue weighted by Crippen LogP contribution is 2.18. The van der Waals surface area contributed by atoms with Gasteiger partial charge in [0.2, 0.25) is 0 Å². The summed E-state index contributed by atoms with van der Waals surface area (Å²) in [6, 6.07) is 6.08. The first-order valence-corrected chi connectivity index (χ1v) is 6.49. The molecule has 1 saturated heterocycles. The molecule has 2 heterocycles. The molecule has 0 aliphatic carbocycles. The Kier molecular flexibility index (Phi) is 3.06. The van der Waals surface area contributed by atoms with Crippen LogP contribution in [0.15, 0.2) is 18.2 Å². The predicted octanol–water partition coefficient (Wildman–Crippen LogP) is 1.20. The van der Waals surface area contributed by atoms with Gasteiger partial charge in [-0.05, 0) is 36.6 Å². The van der Waals surface area contributed by atoms with Gasteiger partial charge in [0.05, 0.1) is 12.1 Å². The molecule has 4 nitrogen and oxygen atoms in total. The van der Waals surface area contributed by atoms with E-state index >= 15 is 0 Å². The van der Waals surface area contributed by atoms with Crippen LogP contribution in [0.2, 0.25) is 0 Å². The molecule has 2 aliphatic rings. The number of carbonyl (C=O) groups excluding carboxylic acids is 1. The maximum Gasteiger partial charge on any atom is 0.251 e. The van der Waals surface area contributed by atoms with Crippen molar-refractivity contribution in [2.75, 3.05) is 6.61 Å². The van der Waals surface area contributed by atoms with Crippen molar-refractivity contribution in [2.45, 2.75) is 38.6 Å². The van der Waals surface area contributed by atoms with Crippen LogP contribution >= 0.6 is 0 Å². The first kappa shape index (κ1) is 11.7. The molecule has 2 N–H and O–H groups in total. The van der Waals surface area contributed by atoms with E-state index in [9.17, 15) is 4.79 Å². The fraction of sp³-hybridized carbons (Fsp3) is 0.500. The van der Waals surface area contributed by atoms with Crippen molar-refractivity contribution in [2.24, 2.45) is 0 Å². The number of carbonyl (C=O) groups is 1. The van der Waals surface area contributed by atoms with Crippen LogP contribution in [0.1, 0.15) is 34.8 Å². The fourth-order valence-corrected chi connectivity index (χ4v) is 2.61. The summed E-state index contributed by atoms with van der Waals surface area (Å²) in [6.45, 7) is 4.51. The molecule has 96 valence electrons. The highest BCUT2D eigenvalue weighted by atomic mass is 16.5. The minimum Gasteiger partial charge on any atom is -0.376 e. The van der Waals surface area contributed by atoms with E-state index in [1.807, 2.05) is 25.1 Å². The lowest BCUT2D eigenvalue weighted by atomic mass is 10.1. The molecule has 0 saturated carbocycles. The van der Waals surface area contributed by atoms with Gasteiger partial charge in [-0.3, -0.25) is 4.79 Å². The Morgan fingerprint density at radius 3 is 3.00 bits per heavy atom. The zero-order valence-electron chi connectivity index (χ0n) is 10.5. The van der Waals surface area contributed by atoms with Gasteiger partial charge in [-0.2, -0.15) is 0 Å². The Balaban J connectivity index is 1.72. The standard InChI is InChI=1S/C14H18N2O2/c1-9-13(4-5-18-9)16-14(17)10-2-3-11-7-15-8-12(11)6-10/h2-3,6,9,13,15H,4-5,7-8H2,1H3,(H,16,17). The highest BCUT2D eigenvalue weighted by Gasteiger charge is 2.26. The van der Waals surface area contributed by atoms with Gasteiger partial charge < -0.3 is 15.4 Å². The third-order valence-corrected chi connectivity index (χ3v) is 3.79. The van der Waals surface area contributed by atoms with E-state index in [-0.39, 0.29) is 18.1 Å². The van der Waals surface area contributed by atoms with E-state index in [1.165, 1.54) is 11.1 Å². The molecule has 1 fully saturated rings. The summed E-state index contributed by atoms with van der Waals surface area (Å²) >= 11 is 0. The van der Waals surface area contributed by atoms with E-state index in [1.54, 1.807) is 0 Å². The smallest absolute Gasteiger partial charge is 0.251 e. The second-order valence-corrected chi connectivity index (χ2v) is 5.03. The van der Waals surface area contributed by atoms with Gasteiger partial charge in [-0.1, -0.05) is 6.07 Å². The maximum atomic E-state index is 12.2. The van der Waals surface area contributed by atoms with Gasteiger partial charge in [0.15, 0.2) is 0 Å². The van der Waals surface area contributed by atoms with E-state index in [0.717, 1.165) is 31.7 Å². The van der Waals surface area contributed by atoms with Gasteiger partial charge in [0, 0.05) is 25.3 Å². The van der Waals surface area contributed by atoms with Crippen molar-refractivity contribution in [1.82, 2.24) is 10.6 Å². The van der Waals surface area contributed by atoms with Gasteiger partial charge in [0.1, 0.15) is 0 Å². The molecule has 18 heavy (non-hydrogen) atoms. The van der Waals surface area contributed by atoms with Crippen molar-refractivity contribution in [3.8, 4) is 0 Å². The molecule has 1 amide bonds. The Morgan fingerprint density at radius 2 is 2.22 bits per heavy atom. The van der Waals surface area contributed by atoms with Gasteiger partial charge in [-0.25, -0.2) is 0 Å². The predicted molar refractivity (Wildman–Crippen MR) is 68.3 cm³/mol. The lowest BCUT2D eigenvalue weighted by molar-refractivity contribution is 0.0866. The molecule has 2 aliphatic heterocycles. The minimum absolute atomic E-state index is 0.00653. The van der Waals surface area contributed by atoms with E-state index < -0.39 is 0 Å². The third-order valence-electron chi connectivity index (χ3n) is 3.79. The van der Waals surface area contributed by atoms with Crippen LogP contribution in [-0.2, 0) is 17.8 Å². The fourth-order valence-electron chi connectivity index (χ4n) is 2.61. The second kappa shape index (κ2) is 4.71. The van der Waals surface area contributed by atoms with Gasteiger partial charge in [-0.15, -0.1) is 0 Å². The molecule has 2 atom stereocenters. The van der Waals surface area contributed by atoms with Crippen molar-refractivity contribution in [3.05, 3.63) is 34.9 Å². The van der Waals surface area contributed by atoms with Crippen LogP contribution in [0.3, 0.4) is 0 Å². The van der Waals surface area contributed by atoms with Gasteiger partial charge >= 0.3 is 0 Å². The summed E-state index contributed by atoms with van der Waals surface area (Å²) in [6.07, 6.45) is 1.02. The molecule has 0 aromatic heterocycles. The van der Waals surface area contributed by atoms with Crippen LogP contribution in [0.25, 0.3) is 0 Å². The number of rotatable bonds is 2. The molecule has 1 aromatic carbocycles. The zero-order valence-corrected chi connectivity index (χ0v) is 10.5. The van der Waals surface area contributed by atoms with Crippen molar-refractivity contribution in [1.29, 1.82) is 0 Å². The molecular formula is C14H18N2O2. The molecule has 0 radical (unpaired) electrons. The van der Waals surface area contributed by atoms with Crippen LogP contribution < -0.4 is 10.6 Å². The van der Waals surface area contributed by atoms with Gasteiger partial charge in [0.25, 0.3) is 5.91 Å². The normalized spacial score (nSPS) is 26.1. The lowest BCUT2D eigenvalue weighted by Crippen LogP contribution is -2.39. The second-order valence-electron chi connectivity index (χ2n) is 5.03. The van der Waals surface area contributed by atoms with Crippen molar-refractivity contribution < 1.29 is 9.53 Å².